The Morgan fingerprint density at radius 2 is 1.88 bits per heavy atom. The van der Waals surface area contributed by atoms with Crippen LogP contribution in [-0.4, -0.2) is 27.3 Å². The molecule has 130 valence electrons. The van der Waals surface area contributed by atoms with Gasteiger partial charge in [-0.1, -0.05) is 23.7 Å². The summed E-state index contributed by atoms with van der Waals surface area (Å²) in [7, 11) is -3.79. The van der Waals surface area contributed by atoms with E-state index in [0.29, 0.717) is 33.3 Å². The van der Waals surface area contributed by atoms with Gasteiger partial charge in [-0.2, -0.15) is 0 Å². The number of hydrogen-bond acceptors (Lipinski definition) is 5. The van der Waals surface area contributed by atoms with Crippen molar-refractivity contribution in [2.45, 2.75) is 11.8 Å². The van der Waals surface area contributed by atoms with Crippen molar-refractivity contribution in [2.75, 3.05) is 0 Å². The molecule has 4 rings (SSSR count). The Bertz CT molecular complexity index is 1230. The molecule has 0 amide bonds. The van der Waals surface area contributed by atoms with Gasteiger partial charge in [0, 0.05) is 18.0 Å². The van der Waals surface area contributed by atoms with E-state index in [2.05, 4.69) is 15.0 Å². The highest BCUT2D eigenvalue weighted by molar-refractivity contribution is 7.90. The number of pyridine rings is 1. The molecule has 0 N–H and O–H groups in total. The predicted octanol–water partition coefficient (Wildman–Crippen LogP) is 3.69. The van der Waals surface area contributed by atoms with E-state index in [1.165, 1.54) is 10.2 Å². The predicted molar refractivity (Wildman–Crippen MR) is 99.5 cm³/mol. The van der Waals surface area contributed by atoms with E-state index in [1.807, 2.05) is 6.07 Å². The molecule has 0 radical (unpaired) electrons. The Morgan fingerprint density at radius 3 is 2.69 bits per heavy atom. The standard InChI is InChI=1S/C18H13ClN4O2S/c1-12-20-9-7-15(21-12)13-3-2-4-14(11-13)26(24,25)23-10-8-16-17(23)5-6-18(19)22-16/h2-11H,1H3. The largest absolute Gasteiger partial charge is 0.268 e. The van der Waals surface area contributed by atoms with Crippen LogP contribution in [-0.2, 0) is 10.0 Å². The number of fused-ring (bicyclic) bond motifs is 1. The van der Waals surface area contributed by atoms with Crippen LogP contribution < -0.4 is 0 Å². The first-order chi connectivity index (χ1) is 12.4. The molecule has 3 aromatic heterocycles. The Hall–Kier alpha value is -2.77. The van der Waals surface area contributed by atoms with Crippen LogP contribution in [0.5, 0.6) is 0 Å². The van der Waals surface area contributed by atoms with E-state index < -0.39 is 10.0 Å². The van der Waals surface area contributed by atoms with Crippen LogP contribution in [0, 0.1) is 6.92 Å². The lowest BCUT2D eigenvalue weighted by Crippen LogP contribution is -2.12. The lowest BCUT2D eigenvalue weighted by Gasteiger charge is -2.09. The van der Waals surface area contributed by atoms with Crippen molar-refractivity contribution in [1.29, 1.82) is 0 Å². The molecule has 0 saturated heterocycles. The number of benzene rings is 1. The monoisotopic (exact) mass is 384 g/mol. The summed E-state index contributed by atoms with van der Waals surface area (Å²) in [4.78, 5) is 12.7. The van der Waals surface area contributed by atoms with Gasteiger partial charge in [0.2, 0.25) is 0 Å². The first-order valence-corrected chi connectivity index (χ1v) is 9.56. The van der Waals surface area contributed by atoms with Crippen LogP contribution in [0.25, 0.3) is 22.3 Å². The summed E-state index contributed by atoms with van der Waals surface area (Å²) in [5, 5.41) is 0.314. The zero-order valence-corrected chi connectivity index (χ0v) is 15.2. The second-order valence-corrected chi connectivity index (χ2v) is 7.87. The van der Waals surface area contributed by atoms with Gasteiger partial charge in [0.1, 0.15) is 11.0 Å². The van der Waals surface area contributed by atoms with Crippen molar-refractivity contribution in [1.82, 2.24) is 18.9 Å². The van der Waals surface area contributed by atoms with Crippen LogP contribution in [0.4, 0.5) is 0 Å². The van der Waals surface area contributed by atoms with Gasteiger partial charge in [0.05, 0.1) is 21.6 Å². The maximum Gasteiger partial charge on any atom is 0.268 e. The van der Waals surface area contributed by atoms with Crippen LogP contribution in [0.3, 0.4) is 0 Å². The van der Waals surface area contributed by atoms with Gasteiger partial charge in [-0.15, -0.1) is 0 Å². The molecule has 0 bridgehead atoms. The molecule has 1 aromatic carbocycles. The number of nitrogens with zero attached hydrogens (tertiary/aromatic N) is 4. The Labute approximate surface area is 155 Å². The zero-order valence-electron chi connectivity index (χ0n) is 13.7. The van der Waals surface area contributed by atoms with E-state index >= 15 is 0 Å². The third-order valence-electron chi connectivity index (χ3n) is 3.94. The summed E-state index contributed by atoms with van der Waals surface area (Å²) in [5.74, 6) is 0.620. The molecular weight excluding hydrogens is 372 g/mol. The second kappa shape index (κ2) is 6.19. The Morgan fingerprint density at radius 1 is 1.04 bits per heavy atom. The van der Waals surface area contributed by atoms with Crippen molar-refractivity contribution < 1.29 is 8.42 Å². The summed E-state index contributed by atoms with van der Waals surface area (Å²) in [5.41, 5.74) is 2.36. The molecule has 6 nitrogen and oxygen atoms in total. The fraction of sp³-hybridized carbons (Fsp3) is 0.0556. The van der Waals surface area contributed by atoms with Crippen LogP contribution in [0.2, 0.25) is 5.15 Å². The highest BCUT2D eigenvalue weighted by Crippen LogP contribution is 2.25. The molecular formula is C18H13ClN4O2S. The summed E-state index contributed by atoms with van der Waals surface area (Å²) in [6.07, 6.45) is 3.12. The molecule has 0 aliphatic rings. The Balaban J connectivity index is 1.85. The van der Waals surface area contributed by atoms with Gasteiger partial charge in [0.25, 0.3) is 10.0 Å². The fourth-order valence-corrected chi connectivity index (χ4v) is 4.27. The van der Waals surface area contributed by atoms with Gasteiger partial charge in [-0.3, -0.25) is 0 Å². The molecule has 0 atom stereocenters. The van der Waals surface area contributed by atoms with E-state index in [9.17, 15) is 8.42 Å². The van der Waals surface area contributed by atoms with E-state index in [1.54, 1.807) is 55.6 Å². The summed E-state index contributed by atoms with van der Waals surface area (Å²) >= 11 is 5.88. The van der Waals surface area contributed by atoms with E-state index in [4.69, 9.17) is 11.6 Å². The van der Waals surface area contributed by atoms with Crippen molar-refractivity contribution in [2.24, 2.45) is 0 Å². The molecule has 0 unspecified atom stereocenters. The molecule has 0 spiro atoms. The van der Waals surface area contributed by atoms with Gasteiger partial charge in [-0.05, 0) is 43.3 Å². The highest BCUT2D eigenvalue weighted by Gasteiger charge is 2.20. The number of aromatic nitrogens is 4. The van der Waals surface area contributed by atoms with Crippen molar-refractivity contribution in [3.63, 3.8) is 0 Å². The molecule has 8 heteroatoms. The molecule has 0 aliphatic heterocycles. The Kier molecular flexibility index (Phi) is 3.97. The number of aryl methyl sites for hydroxylation is 1. The molecule has 4 aromatic rings. The summed E-state index contributed by atoms with van der Waals surface area (Å²) in [6, 6.07) is 13.2. The number of halogens is 1. The van der Waals surface area contributed by atoms with Gasteiger partial charge in [0.15, 0.2) is 0 Å². The molecule has 0 aliphatic carbocycles. The average Bonchev–Trinajstić information content (AvgIpc) is 3.05. The van der Waals surface area contributed by atoms with Crippen molar-refractivity contribution >= 4 is 32.7 Å². The highest BCUT2D eigenvalue weighted by atomic mass is 35.5. The number of rotatable bonds is 3. The minimum Gasteiger partial charge on any atom is -0.242 e. The quantitative estimate of drug-likeness (QED) is 0.503. The maximum atomic E-state index is 13.1. The smallest absolute Gasteiger partial charge is 0.242 e. The SMILES string of the molecule is Cc1nccc(-c2cccc(S(=O)(=O)n3ccc4nc(Cl)ccc43)c2)n1. The molecule has 0 saturated carbocycles. The minimum absolute atomic E-state index is 0.165. The van der Waals surface area contributed by atoms with Gasteiger partial charge >= 0.3 is 0 Å². The molecule has 0 fully saturated rings. The number of hydrogen-bond donors (Lipinski definition) is 0. The molecule has 26 heavy (non-hydrogen) atoms. The van der Waals surface area contributed by atoms with Crippen molar-refractivity contribution in [3.8, 4) is 11.3 Å². The maximum absolute atomic E-state index is 13.1. The van der Waals surface area contributed by atoms with E-state index in [-0.39, 0.29) is 4.90 Å². The first kappa shape index (κ1) is 16.7. The third kappa shape index (κ3) is 2.85. The van der Waals surface area contributed by atoms with Crippen LogP contribution in [0.15, 0.2) is 65.8 Å². The van der Waals surface area contributed by atoms with E-state index in [0.717, 1.165) is 0 Å². The van der Waals surface area contributed by atoms with Crippen molar-refractivity contribution in [3.05, 3.63) is 71.9 Å². The summed E-state index contributed by atoms with van der Waals surface area (Å²) < 4.78 is 27.4. The van der Waals surface area contributed by atoms with Crippen LogP contribution >= 0.6 is 11.6 Å². The third-order valence-corrected chi connectivity index (χ3v) is 5.83. The first-order valence-electron chi connectivity index (χ1n) is 7.74. The lowest BCUT2D eigenvalue weighted by atomic mass is 10.1. The minimum atomic E-state index is -3.79. The fourth-order valence-electron chi connectivity index (χ4n) is 2.73. The lowest BCUT2D eigenvalue weighted by molar-refractivity contribution is 0.589. The topological polar surface area (TPSA) is 77.7 Å². The normalized spacial score (nSPS) is 11.8. The van der Waals surface area contributed by atoms with Gasteiger partial charge < -0.3 is 0 Å². The second-order valence-electron chi connectivity index (χ2n) is 5.67. The van der Waals surface area contributed by atoms with Crippen LogP contribution in [0.1, 0.15) is 5.82 Å². The average molecular weight is 385 g/mol. The zero-order chi connectivity index (χ0) is 18.3. The summed E-state index contributed by atoms with van der Waals surface area (Å²) in [6.45, 7) is 1.79. The molecule has 3 heterocycles. The van der Waals surface area contributed by atoms with Gasteiger partial charge in [-0.25, -0.2) is 27.3 Å².